The maximum absolute atomic E-state index is 13.1. The Balaban J connectivity index is 2.03. The molecule has 0 saturated carbocycles. The number of benzene rings is 1. The molecule has 0 aliphatic carbocycles. The minimum absolute atomic E-state index is 0.154. The lowest BCUT2D eigenvalue weighted by atomic mass is 10.1. The van der Waals surface area contributed by atoms with Crippen LogP contribution in [0, 0.1) is 5.82 Å². The van der Waals surface area contributed by atoms with Crippen molar-refractivity contribution in [2.45, 2.75) is 31.9 Å². The average molecular weight is 239 g/mol. The highest BCUT2D eigenvalue weighted by molar-refractivity contribution is 5.36. The zero-order chi connectivity index (χ0) is 12.3. The Morgan fingerprint density at radius 1 is 1.59 bits per heavy atom. The van der Waals surface area contributed by atoms with E-state index in [2.05, 4.69) is 0 Å². The van der Waals surface area contributed by atoms with Crippen molar-refractivity contribution in [2.75, 3.05) is 13.2 Å². The van der Waals surface area contributed by atoms with Crippen LogP contribution >= 0.6 is 0 Å². The minimum Gasteiger partial charge on any atom is -0.491 e. The highest BCUT2D eigenvalue weighted by Gasteiger charge is 2.17. The third-order valence-electron chi connectivity index (χ3n) is 2.91. The summed E-state index contributed by atoms with van der Waals surface area (Å²) >= 11 is 0. The zero-order valence-corrected chi connectivity index (χ0v) is 9.99. The van der Waals surface area contributed by atoms with Gasteiger partial charge in [-0.15, -0.1) is 0 Å². The largest absolute Gasteiger partial charge is 0.491 e. The molecule has 94 valence electrons. The molecule has 3 nitrogen and oxygen atoms in total. The summed E-state index contributed by atoms with van der Waals surface area (Å²) in [5.74, 6) is 0.360. The zero-order valence-electron chi connectivity index (χ0n) is 9.99. The Hall–Kier alpha value is -1.13. The summed E-state index contributed by atoms with van der Waals surface area (Å²) in [7, 11) is 0. The van der Waals surface area contributed by atoms with Crippen LogP contribution in [0.15, 0.2) is 18.2 Å². The molecule has 0 aromatic heterocycles. The molecule has 1 aromatic carbocycles. The van der Waals surface area contributed by atoms with Crippen molar-refractivity contribution in [1.82, 2.24) is 0 Å². The minimum atomic E-state index is -0.290. The Morgan fingerprint density at radius 2 is 2.41 bits per heavy atom. The highest BCUT2D eigenvalue weighted by Crippen LogP contribution is 2.25. The molecule has 4 heteroatoms. The van der Waals surface area contributed by atoms with Crippen molar-refractivity contribution in [2.24, 2.45) is 5.73 Å². The molecule has 2 N–H and O–H groups in total. The molecule has 1 aromatic rings. The van der Waals surface area contributed by atoms with Gasteiger partial charge in [0.15, 0.2) is 0 Å². The van der Waals surface area contributed by atoms with Crippen molar-refractivity contribution in [3.63, 3.8) is 0 Å². The van der Waals surface area contributed by atoms with Crippen LogP contribution < -0.4 is 10.5 Å². The first-order valence-corrected chi connectivity index (χ1v) is 5.96. The standard InChI is InChI=1S/C13H18FNO2/c1-9(15)12-7-10(14)4-5-13(12)17-8-11-3-2-6-16-11/h4-5,7,9,11H,2-3,6,8,15H2,1H3/t9-,11?/m0/s1. The van der Waals surface area contributed by atoms with Gasteiger partial charge in [-0.1, -0.05) is 0 Å². The molecule has 1 aliphatic heterocycles. The van der Waals surface area contributed by atoms with E-state index in [9.17, 15) is 4.39 Å². The number of nitrogens with two attached hydrogens (primary N) is 1. The van der Waals surface area contributed by atoms with E-state index >= 15 is 0 Å². The molecule has 1 fully saturated rings. The van der Waals surface area contributed by atoms with Gasteiger partial charge < -0.3 is 15.2 Å². The van der Waals surface area contributed by atoms with E-state index in [1.807, 2.05) is 6.92 Å². The molecule has 2 atom stereocenters. The SMILES string of the molecule is C[C@H](N)c1cc(F)ccc1OCC1CCCO1. The van der Waals surface area contributed by atoms with Crippen LogP contribution in [-0.4, -0.2) is 19.3 Å². The summed E-state index contributed by atoms with van der Waals surface area (Å²) in [5.41, 5.74) is 6.49. The maximum Gasteiger partial charge on any atom is 0.124 e. The molecule has 2 rings (SSSR count). The van der Waals surface area contributed by atoms with E-state index in [4.69, 9.17) is 15.2 Å². The van der Waals surface area contributed by atoms with Crippen LogP contribution in [0.25, 0.3) is 0 Å². The first-order chi connectivity index (χ1) is 8.16. The van der Waals surface area contributed by atoms with Gasteiger partial charge in [-0.25, -0.2) is 4.39 Å². The molecule has 0 radical (unpaired) electrons. The fourth-order valence-corrected chi connectivity index (χ4v) is 1.97. The fraction of sp³-hybridized carbons (Fsp3) is 0.538. The smallest absolute Gasteiger partial charge is 0.124 e. The number of rotatable bonds is 4. The lowest BCUT2D eigenvalue weighted by molar-refractivity contribution is 0.0675. The topological polar surface area (TPSA) is 44.5 Å². The molecular formula is C13H18FNO2. The summed E-state index contributed by atoms with van der Waals surface area (Å²) in [4.78, 5) is 0. The second kappa shape index (κ2) is 5.47. The van der Waals surface area contributed by atoms with Crippen molar-refractivity contribution < 1.29 is 13.9 Å². The van der Waals surface area contributed by atoms with Gasteiger partial charge >= 0.3 is 0 Å². The third kappa shape index (κ3) is 3.17. The average Bonchev–Trinajstić information content (AvgIpc) is 2.80. The first-order valence-electron chi connectivity index (χ1n) is 5.96. The molecule has 0 bridgehead atoms. The fourth-order valence-electron chi connectivity index (χ4n) is 1.97. The molecular weight excluding hydrogens is 221 g/mol. The lowest BCUT2D eigenvalue weighted by Crippen LogP contribution is -2.18. The van der Waals surface area contributed by atoms with E-state index in [0.29, 0.717) is 17.9 Å². The Morgan fingerprint density at radius 3 is 3.06 bits per heavy atom. The van der Waals surface area contributed by atoms with Gasteiger partial charge in [-0.05, 0) is 38.0 Å². The van der Waals surface area contributed by atoms with E-state index in [-0.39, 0.29) is 18.0 Å². The van der Waals surface area contributed by atoms with E-state index < -0.39 is 0 Å². The van der Waals surface area contributed by atoms with Crippen LogP contribution in [0.2, 0.25) is 0 Å². The summed E-state index contributed by atoms with van der Waals surface area (Å²) < 4.78 is 24.2. The van der Waals surface area contributed by atoms with Gasteiger partial charge in [0, 0.05) is 18.2 Å². The monoisotopic (exact) mass is 239 g/mol. The van der Waals surface area contributed by atoms with Gasteiger partial charge in [0.2, 0.25) is 0 Å². The van der Waals surface area contributed by atoms with Crippen LogP contribution in [0.4, 0.5) is 4.39 Å². The predicted molar refractivity (Wildman–Crippen MR) is 63.5 cm³/mol. The Kier molecular flexibility index (Phi) is 3.97. The van der Waals surface area contributed by atoms with Crippen LogP contribution in [0.3, 0.4) is 0 Å². The Bertz CT molecular complexity index is 376. The number of hydrogen-bond acceptors (Lipinski definition) is 3. The van der Waals surface area contributed by atoms with Gasteiger partial charge in [0.25, 0.3) is 0 Å². The molecule has 0 amide bonds. The second-order valence-electron chi connectivity index (χ2n) is 4.42. The van der Waals surface area contributed by atoms with Crippen LogP contribution in [0.5, 0.6) is 5.75 Å². The molecule has 1 aliphatic rings. The van der Waals surface area contributed by atoms with E-state index in [0.717, 1.165) is 19.4 Å². The van der Waals surface area contributed by atoms with Crippen molar-refractivity contribution in [3.8, 4) is 5.75 Å². The normalized spacial score (nSPS) is 21.5. The van der Waals surface area contributed by atoms with E-state index in [1.54, 1.807) is 6.07 Å². The molecule has 17 heavy (non-hydrogen) atoms. The summed E-state index contributed by atoms with van der Waals surface area (Å²) in [6, 6.07) is 4.19. The molecule has 1 saturated heterocycles. The predicted octanol–water partition coefficient (Wildman–Crippen LogP) is 2.40. The number of hydrogen-bond donors (Lipinski definition) is 1. The summed E-state index contributed by atoms with van der Waals surface area (Å²) in [6.45, 7) is 3.12. The van der Waals surface area contributed by atoms with Gasteiger partial charge in [-0.2, -0.15) is 0 Å². The lowest BCUT2D eigenvalue weighted by Gasteiger charge is -2.16. The molecule has 1 heterocycles. The van der Waals surface area contributed by atoms with Crippen molar-refractivity contribution in [1.29, 1.82) is 0 Å². The summed E-state index contributed by atoms with van der Waals surface area (Å²) in [6.07, 6.45) is 2.26. The van der Waals surface area contributed by atoms with Crippen molar-refractivity contribution >= 4 is 0 Å². The second-order valence-corrected chi connectivity index (χ2v) is 4.42. The quantitative estimate of drug-likeness (QED) is 0.877. The van der Waals surface area contributed by atoms with Crippen molar-refractivity contribution in [3.05, 3.63) is 29.6 Å². The van der Waals surface area contributed by atoms with Gasteiger partial charge in [0.1, 0.15) is 18.2 Å². The number of halogens is 1. The maximum atomic E-state index is 13.1. The van der Waals surface area contributed by atoms with Crippen LogP contribution in [-0.2, 0) is 4.74 Å². The summed E-state index contributed by atoms with van der Waals surface area (Å²) in [5, 5.41) is 0. The van der Waals surface area contributed by atoms with Gasteiger partial charge in [0.05, 0.1) is 6.10 Å². The third-order valence-corrected chi connectivity index (χ3v) is 2.91. The molecule has 0 spiro atoms. The highest BCUT2D eigenvalue weighted by atomic mass is 19.1. The number of ether oxygens (including phenoxy) is 2. The Labute approximate surface area is 101 Å². The molecule has 1 unspecified atom stereocenters. The van der Waals surface area contributed by atoms with E-state index in [1.165, 1.54) is 12.1 Å². The van der Waals surface area contributed by atoms with Crippen LogP contribution in [0.1, 0.15) is 31.4 Å². The van der Waals surface area contributed by atoms with Gasteiger partial charge in [-0.3, -0.25) is 0 Å². The first kappa shape index (κ1) is 12.3.